The summed E-state index contributed by atoms with van der Waals surface area (Å²) in [5, 5.41) is 8.81. The third-order valence-corrected chi connectivity index (χ3v) is 15.8. The molecule has 0 aromatic heterocycles. The topological polar surface area (TPSA) is 142 Å². The predicted octanol–water partition coefficient (Wildman–Crippen LogP) is 27.1. The number of ketones is 1. The smallest absolute Gasteiger partial charge is 0.308 e. The van der Waals surface area contributed by atoms with E-state index in [4.69, 9.17) is 19.3 Å². The number of ether oxygens (including phenoxy) is 4. The van der Waals surface area contributed by atoms with E-state index in [-0.39, 0.29) is 71.8 Å². The highest BCUT2D eigenvalue weighted by Gasteiger charge is 2.29. The summed E-state index contributed by atoms with van der Waals surface area (Å²) >= 11 is 0. The first-order chi connectivity index (χ1) is 48.9. The van der Waals surface area contributed by atoms with Crippen molar-refractivity contribution in [3.63, 3.8) is 0 Å². The maximum Gasteiger partial charge on any atom is 0.308 e. The fraction of sp³-hybridized carbons (Fsp3) is 0.653. The molecule has 10 nitrogen and oxygen atoms in total. The average molecular weight is 1500 g/mol. The van der Waals surface area contributed by atoms with Crippen LogP contribution in [0.5, 0.6) is 0 Å². The lowest BCUT2D eigenvalue weighted by Gasteiger charge is -2.17. The molecule has 0 heterocycles. The number of methoxy groups -OCH3 is 1. The third kappa shape index (κ3) is 85.3. The van der Waals surface area contributed by atoms with Crippen LogP contribution in [0.25, 0.3) is 11.1 Å². The molecule has 0 spiro atoms. The van der Waals surface area contributed by atoms with E-state index in [0.717, 1.165) is 59.8 Å². The highest BCUT2D eigenvalue weighted by atomic mass is 28.3. The van der Waals surface area contributed by atoms with Crippen LogP contribution < -0.4 is 0 Å². The van der Waals surface area contributed by atoms with Crippen LogP contribution in [-0.2, 0) is 62.4 Å². The van der Waals surface area contributed by atoms with Gasteiger partial charge in [0.05, 0.1) is 44.0 Å². The lowest BCUT2D eigenvalue weighted by atomic mass is 9.98. The zero-order chi connectivity index (χ0) is 84.4. The molecule has 614 valence electrons. The van der Waals surface area contributed by atoms with Crippen molar-refractivity contribution >= 4 is 37.7 Å². The van der Waals surface area contributed by atoms with Gasteiger partial charge in [-0.15, -0.1) is 6.58 Å². The molecule has 0 fully saturated rings. The van der Waals surface area contributed by atoms with Crippen molar-refractivity contribution in [2.24, 2.45) is 82.9 Å². The van der Waals surface area contributed by atoms with Gasteiger partial charge in [0.15, 0.2) is 0 Å². The van der Waals surface area contributed by atoms with Gasteiger partial charge < -0.3 is 24.1 Å². The number of aliphatic hydroxyl groups is 1. The molecule has 0 bridgehead atoms. The Morgan fingerprint density at radius 2 is 0.736 bits per heavy atom. The van der Waals surface area contributed by atoms with Crippen molar-refractivity contribution in [1.29, 1.82) is 0 Å². The molecule has 0 saturated heterocycles. The Morgan fingerprint density at radius 1 is 0.415 bits per heavy atom. The van der Waals surface area contributed by atoms with Crippen molar-refractivity contribution in [2.75, 3.05) is 26.9 Å². The minimum absolute atomic E-state index is 0.00116. The van der Waals surface area contributed by atoms with Gasteiger partial charge in [0, 0.05) is 19.9 Å². The predicted molar refractivity (Wildman–Crippen MR) is 468 cm³/mol. The number of aliphatic hydroxyl groups excluding tert-OH is 1. The first kappa shape index (κ1) is 116. The molecule has 11 heteroatoms. The maximum atomic E-state index is 11.7. The van der Waals surface area contributed by atoms with Gasteiger partial charge in [0.25, 0.3) is 0 Å². The highest BCUT2D eigenvalue weighted by Crippen LogP contribution is 2.44. The Labute approximate surface area is 658 Å². The molecule has 106 heavy (non-hydrogen) atoms. The summed E-state index contributed by atoms with van der Waals surface area (Å²) in [4.78, 5) is 53.6. The monoisotopic (exact) mass is 1500 g/mol. The van der Waals surface area contributed by atoms with E-state index in [9.17, 15) is 24.0 Å². The number of rotatable bonds is 22. The lowest BCUT2D eigenvalue weighted by Crippen LogP contribution is -2.21. The number of esters is 4. The SMILES string of the molecule is C=CCC(C)C.C=CCOC(=O)C(C)C.CC(=O)C(C)C.CC(C)C.CC(C)C.CC(C)C(=O)OCC1c2ccccc2-c2ccccc21.CC(C)COC(=O)C(C)C.CC(C)C[Si](C)(C)C.CC(C)Cc1ccc(CO)cc1.CC(C)Cc1ccccc1.CCC(C)C.CCC(C)C.COC(=O)C(C)C. The van der Waals surface area contributed by atoms with Crippen LogP contribution in [0.3, 0.4) is 0 Å². The number of fused-ring (bicyclic) bond motifs is 3. The summed E-state index contributed by atoms with van der Waals surface area (Å²) in [5.74, 6) is 6.97. The normalized spacial score (nSPS) is 10.6. The number of carbonyl (C=O) groups is 5. The first-order valence-corrected chi connectivity index (χ1v) is 43.8. The molecular formula is C95H170O10Si. The Hall–Kier alpha value is -5.91. The van der Waals surface area contributed by atoms with Crippen molar-refractivity contribution in [3.8, 4) is 11.1 Å². The quantitative estimate of drug-likeness (QED) is 0.0350. The molecule has 0 aliphatic heterocycles. The van der Waals surface area contributed by atoms with Crippen LogP contribution in [0.15, 0.2) is 128 Å². The summed E-state index contributed by atoms with van der Waals surface area (Å²) in [5.41, 5.74) is 8.81. The molecule has 4 aromatic rings. The summed E-state index contributed by atoms with van der Waals surface area (Å²) in [6.45, 7) is 83.9. The van der Waals surface area contributed by atoms with Gasteiger partial charge in [-0.05, 0) is 118 Å². The Bertz CT molecular complexity index is 2620. The van der Waals surface area contributed by atoms with E-state index in [1.54, 1.807) is 40.7 Å². The van der Waals surface area contributed by atoms with Crippen LogP contribution in [0.4, 0.5) is 0 Å². The Kier molecular flexibility index (Phi) is 80.1. The number of allylic oxidation sites excluding steroid dienone is 1. The molecule has 1 aliphatic carbocycles. The van der Waals surface area contributed by atoms with Crippen LogP contribution in [0, 0.1) is 82.9 Å². The van der Waals surface area contributed by atoms with Gasteiger partial charge in [0.2, 0.25) is 0 Å². The molecule has 1 N–H and O–H groups in total. The van der Waals surface area contributed by atoms with Crippen molar-refractivity contribution in [2.45, 2.75) is 299 Å². The van der Waals surface area contributed by atoms with E-state index in [1.165, 1.54) is 65.8 Å². The molecule has 0 unspecified atom stereocenters. The lowest BCUT2D eigenvalue weighted by molar-refractivity contribution is -0.148. The van der Waals surface area contributed by atoms with E-state index in [0.29, 0.717) is 31.7 Å². The van der Waals surface area contributed by atoms with Crippen LogP contribution >= 0.6 is 0 Å². The number of benzene rings is 4. The molecule has 0 atom stereocenters. The average Bonchev–Trinajstić information content (AvgIpc) is 1.62. The zero-order valence-corrected chi connectivity index (χ0v) is 76.7. The largest absolute Gasteiger partial charge is 0.469 e. The standard InChI is InChI=1S/C18H18O2.C11H16O.C10H14.C8H16O2.C7H12O2.C7H18Si.C6H12.C5H10O2.C5H10O.2C5H12.2C4H10/c1-12(2)18(19)20-11-17-15-9-5-3-7-13(15)14-8-4-6-10-16(14)17;1-9(2)7-10-3-5-11(8-12)6-4-10;1-9(2)8-10-6-4-3-5-7-10;1-6(2)5-10-8(9)7(3)4;1-4-5-9-7(8)6(2)3;1-7(2)6-8(3,4)5;1-4-5-6(2)3;1-4(2)5(6)7-3;1-4(2)5(3)6;2*1-4-5(2)3;2*1-4(2)3/h3-10,12,17H,11H2,1-2H3;3-6,9,12H,7-8H2,1-2H3;3-7,9H,8H2,1-2H3;6-7H,5H2,1-4H3;4,6H,1,5H2,2-3H3;7H,6H2,1-5H3;4,6H,1,5H2,2-3H3;4H,1-3H3;4H,1-3H3;2*5H,4H2,1-3H3;2*4H,1-3H3. The van der Waals surface area contributed by atoms with E-state index < -0.39 is 8.07 Å². The van der Waals surface area contributed by atoms with Crippen LogP contribution in [0.2, 0.25) is 25.7 Å². The number of hydrogen-bond acceptors (Lipinski definition) is 10. The maximum absolute atomic E-state index is 11.7. The van der Waals surface area contributed by atoms with E-state index >= 15 is 0 Å². The van der Waals surface area contributed by atoms with Gasteiger partial charge in [0.1, 0.15) is 19.0 Å². The van der Waals surface area contributed by atoms with Crippen LogP contribution in [0.1, 0.15) is 281 Å². The molecular weight excluding hydrogens is 1330 g/mol. The second-order valence-corrected chi connectivity index (χ2v) is 39.5. The fourth-order valence-corrected chi connectivity index (χ4v) is 10.1. The number of hydrogen-bond donors (Lipinski definition) is 1. The van der Waals surface area contributed by atoms with E-state index in [1.807, 2.05) is 85.7 Å². The minimum atomic E-state index is -0.720. The van der Waals surface area contributed by atoms with Crippen molar-refractivity contribution in [1.82, 2.24) is 0 Å². The van der Waals surface area contributed by atoms with Gasteiger partial charge in [-0.3, -0.25) is 24.0 Å². The zero-order valence-electron chi connectivity index (χ0n) is 75.7. The summed E-state index contributed by atoms with van der Waals surface area (Å²) in [6, 6.07) is 36.9. The number of Topliss-reactive ketones (excluding diaryl/α,β-unsaturated/α-hetero) is 1. The Balaban J connectivity index is -0.000000169. The second kappa shape index (κ2) is 73.2. The van der Waals surface area contributed by atoms with Gasteiger partial charge in [-0.2, -0.15) is 0 Å². The Morgan fingerprint density at radius 3 is 0.972 bits per heavy atom. The molecule has 5 rings (SSSR count). The molecule has 0 amide bonds. The van der Waals surface area contributed by atoms with Gasteiger partial charge >= 0.3 is 23.9 Å². The van der Waals surface area contributed by atoms with E-state index in [2.05, 4.69) is 255 Å². The number of carbonyl (C=O) groups excluding carboxylic acids is 5. The minimum Gasteiger partial charge on any atom is -0.469 e. The van der Waals surface area contributed by atoms with Crippen LogP contribution in [-0.4, -0.2) is 69.8 Å². The second-order valence-electron chi connectivity index (χ2n) is 34.0. The van der Waals surface area contributed by atoms with Gasteiger partial charge in [-0.1, -0.05) is 382 Å². The molecule has 1 aliphatic rings. The summed E-state index contributed by atoms with van der Waals surface area (Å²) < 4.78 is 19.5. The molecule has 0 radical (unpaired) electrons. The first-order valence-electron chi connectivity index (χ1n) is 40.1. The molecule has 4 aromatic carbocycles. The highest BCUT2D eigenvalue weighted by molar-refractivity contribution is 6.76. The summed E-state index contributed by atoms with van der Waals surface area (Å²) in [6.07, 6.45) is 9.57. The van der Waals surface area contributed by atoms with Crippen molar-refractivity contribution in [3.05, 3.63) is 156 Å². The third-order valence-electron chi connectivity index (χ3n) is 13.8. The molecule has 0 saturated carbocycles. The van der Waals surface area contributed by atoms with Crippen molar-refractivity contribution < 1.29 is 48.0 Å². The van der Waals surface area contributed by atoms with Gasteiger partial charge in [-0.25, -0.2) is 0 Å². The fourth-order valence-electron chi connectivity index (χ4n) is 7.63. The summed E-state index contributed by atoms with van der Waals surface area (Å²) in [7, 11) is 0.671.